The van der Waals surface area contributed by atoms with Crippen LogP contribution in [0.25, 0.3) is 0 Å². The summed E-state index contributed by atoms with van der Waals surface area (Å²) in [4.78, 5) is 14.8. The normalized spacial score (nSPS) is 16.3. The Bertz CT molecular complexity index is 512. The van der Waals surface area contributed by atoms with Crippen LogP contribution < -0.4 is 9.47 Å². The van der Waals surface area contributed by atoms with Crippen molar-refractivity contribution in [2.75, 3.05) is 46.4 Å². The van der Waals surface area contributed by atoms with Gasteiger partial charge in [-0.15, -0.1) is 0 Å². The van der Waals surface area contributed by atoms with E-state index in [1.165, 1.54) is 9.80 Å². The van der Waals surface area contributed by atoms with Crippen LogP contribution in [0.1, 0.15) is 0 Å². The second-order valence-electron chi connectivity index (χ2n) is 5.24. The molecule has 1 fully saturated rings. The van der Waals surface area contributed by atoms with Crippen molar-refractivity contribution in [3.63, 3.8) is 0 Å². The van der Waals surface area contributed by atoms with E-state index in [9.17, 15) is 18.0 Å². The third-order valence-corrected chi connectivity index (χ3v) is 3.55. The summed E-state index contributed by atoms with van der Waals surface area (Å²) < 4.78 is 47.3. The molecular formula is C15H19F3N2O3. The number of ether oxygens (including phenoxy) is 2. The zero-order valence-corrected chi connectivity index (χ0v) is 12.8. The molecule has 5 nitrogen and oxygen atoms in total. The van der Waals surface area contributed by atoms with Crippen molar-refractivity contribution in [1.29, 1.82) is 0 Å². The molecule has 0 bridgehead atoms. The lowest BCUT2D eigenvalue weighted by molar-refractivity contribution is -0.152. The van der Waals surface area contributed by atoms with Gasteiger partial charge >= 0.3 is 6.18 Å². The van der Waals surface area contributed by atoms with E-state index in [2.05, 4.69) is 0 Å². The molecule has 1 saturated heterocycles. The molecule has 1 aliphatic heterocycles. The summed E-state index contributed by atoms with van der Waals surface area (Å²) in [5.41, 5.74) is 0. The molecule has 0 aromatic heterocycles. The Balaban J connectivity index is 1.74. The molecule has 1 amide bonds. The lowest BCUT2D eigenvalue weighted by atomic mass is 10.3. The largest absolute Gasteiger partial charge is 0.497 e. The highest BCUT2D eigenvalue weighted by Gasteiger charge is 2.32. The van der Waals surface area contributed by atoms with E-state index in [1.54, 1.807) is 31.4 Å². The van der Waals surface area contributed by atoms with Crippen molar-refractivity contribution < 1.29 is 27.4 Å². The number of methoxy groups -OCH3 is 1. The average Bonchev–Trinajstić information content (AvgIpc) is 2.52. The van der Waals surface area contributed by atoms with Crippen molar-refractivity contribution in [1.82, 2.24) is 9.80 Å². The van der Waals surface area contributed by atoms with Crippen LogP contribution in [0.2, 0.25) is 0 Å². The number of nitrogens with zero attached hydrogens (tertiary/aromatic N) is 2. The van der Waals surface area contributed by atoms with E-state index in [1.807, 2.05) is 0 Å². The highest BCUT2D eigenvalue weighted by atomic mass is 19.4. The zero-order chi connectivity index (χ0) is 16.9. The van der Waals surface area contributed by atoms with Crippen LogP contribution >= 0.6 is 0 Å². The van der Waals surface area contributed by atoms with Gasteiger partial charge in [-0.25, -0.2) is 0 Å². The molecular weight excluding hydrogens is 313 g/mol. The van der Waals surface area contributed by atoms with Crippen molar-refractivity contribution in [2.24, 2.45) is 0 Å². The number of rotatable bonds is 5. The molecule has 128 valence electrons. The molecule has 0 spiro atoms. The molecule has 2 rings (SSSR count). The van der Waals surface area contributed by atoms with Crippen molar-refractivity contribution in [2.45, 2.75) is 6.18 Å². The van der Waals surface area contributed by atoms with E-state index in [4.69, 9.17) is 9.47 Å². The number of halogens is 3. The lowest BCUT2D eigenvalue weighted by Crippen LogP contribution is -2.51. The second-order valence-corrected chi connectivity index (χ2v) is 5.24. The quantitative estimate of drug-likeness (QED) is 0.824. The molecule has 0 N–H and O–H groups in total. The number of carbonyl (C=O) groups excluding carboxylic acids is 1. The van der Waals surface area contributed by atoms with Crippen LogP contribution in [-0.4, -0.2) is 68.3 Å². The van der Waals surface area contributed by atoms with Crippen LogP contribution in [0.5, 0.6) is 11.5 Å². The van der Waals surface area contributed by atoms with Gasteiger partial charge in [0.2, 0.25) is 0 Å². The maximum absolute atomic E-state index is 12.3. The van der Waals surface area contributed by atoms with Crippen LogP contribution in [0, 0.1) is 0 Å². The smallest absolute Gasteiger partial charge is 0.401 e. The van der Waals surface area contributed by atoms with E-state index < -0.39 is 12.7 Å². The lowest BCUT2D eigenvalue weighted by Gasteiger charge is -2.34. The summed E-state index contributed by atoms with van der Waals surface area (Å²) in [6, 6.07) is 6.81. The first-order valence-electron chi connectivity index (χ1n) is 7.21. The fourth-order valence-electron chi connectivity index (χ4n) is 2.32. The number of amides is 1. The Hall–Kier alpha value is -1.96. The first kappa shape index (κ1) is 17.4. The fraction of sp³-hybridized carbons (Fsp3) is 0.533. The molecule has 23 heavy (non-hydrogen) atoms. The van der Waals surface area contributed by atoms with Crippen LogP contribution in [-0.2, 0) is 4.79 Å². The molecule has 0 unspecified atom stereocenters. The predicted molar refractivity (Wildman–Crippen MR) is 77.6 cm³/mol. The maximum atomic E-state index is 12.3. The molecule has 0 aliphatic carbocycles. The summed E-state index contributed by atoms with van der Waals surface area (Å²) in [5.74, 6) is 0.992. The third-order valence-electron chi connectivity index (χ3n) is 3.55. The Morgan fingerprint density at radius 2 is 1.65 bits per heavy atom. The van der Waals surface area contributed by atoms with E-state index >= 15 is 0 Å². The summed E-state index contributed by atoms with van der Waals surface area (Å²) >= 11 is 0. The minimum absolute atomic E-state index is 0.133. The zero-order valence-electron chi connectivity index (χ0n) is 12.8. The molecule has 0 atom stereocenters. The Morgan fingerprint density at radius 3 is 2.17 bits per heavy atom. The van der Waals surface area contributed by atoms with Gasteiger partial charge in [0.15, 0.2) is 6.61 Å². The van der Waals surface area contributed by atoms with Crippen molar-refractivity contribution in [3.05, 3.63) is 24.3 Å². The predicted octanol–water partition coefficient (Wildman–Crippen LogP) is 1.78. The van der Waals surface area contributed by atoms with Crippen molar-refractivity contribution in [3.8, 4) is 11.5 Å². The molecule has 0 radical (unpaired) electrons. The summed E-state index contributed by atoms with van der Waals surface area (Å²) in [6.45, 7) is -0.0771. The van der Waals surface area contributed by atoms with Crippen molar-refractivity contribution >= 4 is 5.91 Å². The van der Waals surface area contributed by atoms with E-state index in [0.29, 0.717) is 11.5 Å². The van der Waals surface area contributed by atoms with Gasteiger partial charge in [-0.05, 0) is 24.3 Å². The van der Waals surface area contributed by atoms with Gasteiger partial charge in [-0.1, -0.05) is 0 Å². The summed E-state index contributed by atoms with van der Waals surface area (Å²) in [5, 5.41) is 0. The van der Waals surface area contributed by atoms with Gasteiger partial charge < -0.3 is 14.4 Å². The monoisotopic (exact) mass is 332 g/mol. The summed E-state index contributed by atoms with van der Waals surface area (Å²) in [7, 11) is 1.55. The molecule has 8 heteroatoms. The first-order valence-corrected chi connectivity index (χ1v) is 7.21. The number of carbonyl (C=O) groups is 1. The number of hydrogen-bond acceptors (Lipinski definition) is 4. The minimum atomic E-state index is -4.20. The Morgan fingerprint density at radius 1 is 1.09 bits per heavy atom. The Labute approximate surface area is 132 Å². The highest BCUT2D eigenvalue weighted by molar-refractivity contribution is 5.77. The first-order chi connectivity index (χ1) is 10.9. The van der Waals surface area contributed by atoms with Crippen LogP contribution in [0.4, 0.5) is 13.2 Å². The highest BCUT2D eigenvalue weighted by Crippen LogP contribution is 2.18. The summed E-state index contributed by atoms with van der Waals surface area (Å²) in [6.07, 6.45) is -4.20. The average molecular weight is 332 g/mol. The number of benzene rings is 1. The number of alkyl halides is 3. The molecule has 1 aromatic carbocycles. The van der Waals surface area contributed by atoms with Gasteiger partial charge in [0.25, 0.3) is 5.91 Å². The van der Waals surface area contributed by atoms with Gasteiger partial charge in [0.05, 0.1) is 13.7 Å². The molecule has 1 aliphatic rings. The molecule has 1 aromatic rings. The Kier molecular flexibility index (Phi) is 5.70. The van der Waals surface area contributed by atoms with Crippen LogP contribution in [0.15, 0.2) is 24.3 Å². The fourth-order valence-corrected chi connectivity index (χ4v) is 2.32. The van der Waals surface area contributed by atoms with E-state index in [0.717, 1.165) is 0 Å². The van der Waals surface area contributed by atoms with Gasteiger partial charge in [0.1, 0.15) is 11.5 Å². The van der Waals surface area contributed by atoms with E-state index in [-0.39, 0.29) is 38.7 Å². The van der Waals surface area contributed by atoms with Gasteiger partial charge in [-0.3, -0.25) is 9.69 Å². The SMILES string of the molecule is COc1ccc(OCC(=O)N2CCN(CC(F)(F)F)CC2)cc1. The van der Waals surface area contributed by atoms with Gasteiger partial charge in [-0.2, -0.15) is 13.2 Å². The standard InChI is InChI=1S/C15H19F3N2O3/c1-22-12-2-4-13(5-3-12)23-10-14(21)20-8-6-19(7-9-20)11-15(16,17)18/h2-5H,6-11H2,1H3. The minimum Gasteiger partial charge on any atom is -0.497 e. The maximum Gasteiger partial charge on any atom is 0.401 e. The molecule has 0 saturated carbocycles. The topological polar surface area (TPSA) is 42.0 Å². The third kappa shape index (κ3) is 5.63. The van der Waals surface area contributed by atoms with Crippen LogP contribution in [0.3, 0.4) is 0 Å². The molecule has 1 heterocycles. The van der Waals surface area contributed by atoms with Gasteiger partial charge in [0, 0.05) is 26.2 Å². The second kappa shape index (κ2) is 7.54. The number of piperazine rings is 1. The number of hydrogen-bond donors (Lipinski definition) is 0.